The van der Waals surface area contributed by atoms with Crippen LogP contribution in [0.3, 0.4) is 0 Å². The minimum absolute atomic E-state index is 1.09. The summed E-state index contributed by atoms with van der Waals surface area (Å²) in [5.74, 6) is 0. The molecule has 2 aromatic rings. The number of aryl methyl sites for hydroxylation is 2. The Kier molecular flexibility index (Phi) is 3.69. The highest BCUT2D eigenvalue weighted by Crippen LogP contribution is 2.18. The van der Waals surface area contributed by atoms with Crippen molar-refractivity contribution in [1.29, 1.82) is 0 Å². The maximum Gasteiger partial charge on any atom is 0.0590 e. The average Bonchev–Trinajstić information content (AvgIpc) is 2.38. The van der Waals surface area contributed by atoms with E-state index in [1.165, 1.54) is 16.8 Å². The monoisotopic (exact) mass is 246 g/mol. The van der Waals surface area contributed by atoms with E-state index in [0.717, 1.165) is 12.1 Å². The summed E-state index contributed by atoms with van der Waals surface area (Å²) in [5, 5.41) is 5.40. The standard InChI is InChI=1S/C14H18N2S/c1-4-12-5-7-13(8-6-12)14(15-3)9-16-11(2)10-17-16/h5-10,15H,4H2,1-3H3/b14-9-. The maximum absolute atomic E-state index is 3.25. The van der Waals surface area contributed by atoms with Crippen molar-refractivity contribution in [2.24, 2.45) is 0 Å². The van der Waals surface area contributed by atoms with Crippen molar-refractivity contribution in [3.63, 3.8) is 0 Å². The van der Waals surface area contributed by atoms with Crippen LogP contribution in [0.25, 0.3) is 11.9 Å². The van der Waals surface area contributed by atoms with Crippen LogP contribution in [0.15, 0.2) is 29.6 Å². The topological polar surface area (TPSA) is 17.0 Å². The van der Waals surface area contributed by atoms with Crippen molar-refractivity contribution >= 4 is 23.4 Å². The van der Waals surface area contributed by atoms with Gasteiger partial charge in [-0.2, -0.15) is 0 Å². The number of benzene rings is 1. The van der Waals surface area contributed by atoms with Crippen LogP contribution >= 0.6 is 11.5 Å². The molecule has 0 saturated carbocycles. The average molecular weight is 246 g/mol. The van der Waals surface area contributed by atoms with Gasteiger partial charge in [0.1, 0.15) is 0 Å². The molecule has 1 aromatic heterocycles. The molecule has 2 rings (SSSR count). The number of hydrogen-bond donors (Lipinski definition) is 1. The molecule has 0 amide bonds. The van der Waals surface area contributed by atoms with Gasteiger partial charge in [-0.25, -0.2) is 0 Å². The molecule has 1 heterocycles. The smallest absolute Gasteiger partial charge is 0.0590 e. The number of hydrogen-bond acceptors (Lipinski definition) is 2. The van der Waals surface area contributed by atoms with Crippen molar-refractivity contribution in [3.05, 3.63) is 46.5 Å². The summed E-state index contributed by atoms with van der Waals surface area (Å²) in [4.78, 5) is 0. The molecule has 0 spiro atoms. The summed E-state index contributed by atoms with van der Waals surface area (Å²) in [6.45, 7) is 4.29. The molecule has 1 aromatic carbocycles. The van der Waals surface area contributed by atoms with Crippen LogP contribution in [-0.4, -0.2) is 11.0 Å². The summed E-state index contributed by atoms with van der Waals surface area (Å²) in [5.41, 5.74) is 5.03. The number of rotatable bonds is 4. The van der Waals surface area contributed by atoms with Crippen molar-refractivity contribution < 1.29 is 0 Å². The zero-order chi connectivity index (χ0) is 12.3. The second-order valence-corrected chi connectivity index (χ2v) is 4.87. The Hall–Kier alpha value is -1.48. The molecule has 0 aliphatic rings. The second-order valence-electron chi connectivity index (χ2n) is 4.03. The number of nitrogens with zero attached hydrogens (tertiary/aromatic N) is 1. The molecule has 0 radical (unpaired) electrons. The Labute approximate surface area is 107 Å². The lowest BCUT2D eigenvalue weighted by molar-refractivity contribution is 1.09. The molecule has 0 bridgehead atoms. The van der Waals surface area contributed by atoms with E-state index in [1.54, 1.807) is 11.5 Å². The van der Waals surface area contributed by atoms with E-state index in [2.05, 4.69) is 59.0 Å². The lowest BCUT2D eigenvalue weighted by Crippen LogP contribution is -2.07. The van der Waals surface area contributed by atoms with Gasteiger partial charge in [0.15, 0.2) is 0 Å². The van der Waals surface area contributed by atoms with Crippen LogP contribution in [0.1, 0.15) is 23.7 Å². The van der Waals surface area contributed by atoms with Gasteiger partial charge in [-0.3, -0.25) is 3.96 Å². The molecule has 0 atom stereocenters. The zero-order valence-corrected chi connectivity index (χ0v) is 11.3. The van der Waals surface area contributed by atoms with Crippen LogP contribution in [0.5, 0.6) is 0 Å². The predicted molar refractivity (Wildman–Crippen MR) is 76.1 cm³/mol. The summed E-state index contributed by atoms with van der Waals surface area (Å²) in [6.07, 6.45) is 3.23. The van der Waals surface area contributed by atoms with Gasteiger partial charge in [0.2, 0.25) is 0 Å². The molecule has 0 aliphatic heterocycles. The summed E-state index contributed by atoms with van der Waals surface area (Å²) >= 11 is 1.71. The van der Waals surface area contributed by atoms with E-state index < -0.39 is 0 Å². The Morgan fingerprint density at radius 1 is 1.35 bits per heavy atom. The third-order valence-electron chi connectivity index (χ3n) is 2.87. The van der Waals surface area contributed by atoms with E-state index in [0.29, 0.717) is 0 Å². The first-order chi connectivity index (χ1) is 8.24. The van der Waals surface area contributed by atoms with Gasteiger partial charge in [0.05, 0.1) is 5.70 Å². The summed E-state index contributed by atoms with van der Waals surface area (Å²) in [7, 11) is 1.96. The number of nitrogens with one attached hydrogen (secondary N) is 1. The maximum atomic E-state index is 3.25. The first kappa shape index (κ1) is 12.0. The van der Waals surface area contributed by atoms with Gasteiger partial charge < -0.3 is 5.32 Å². The summed E-state index contributed by atoms with van der Waals surface area (Å²) < 4.78 is 2.17. The van der Waals surface area contributed by atoms with E-state index in [4.69, 9.17) is 0 Å². The highest BCUT2D eigenvalue weighted by molar-refractivity contribution is 7.06. The molecule has 3 heteroatoms. The lowest BCUT2D eigenvalue weighted by Gasteiger charge is -2.12. The van der Waals surface area contributed by atoms with Gasteiger partial charge in [0, 0.05) is 24.3 Å². The summed E-state index contributed by atoms with van der Waals surface area (Å²) in [6, 6.07) is 8.72. The lowest BCUT2D eigenvalue weighted by atomic mass is 10.1. The largest absolute Gasteiger partial charge is 0.386 e. The third-order valence-corrected chi connectivity index (χ3v) is 3.94. The highest BCUT2D eigenvalue weighted by atomic mass is 32.1. The van der Waals surface area contributed by atoms with Gasteiger partial charge >= 0.3 is 0 Å². The van der Waals surface area contributed by atoms with Crippen LogP contribution in [0.2, 0.25) is 0 Å². The molecule has 2 nitrogen and oxygen atoms in total. The van der Waals surface area contributed by atoms with E-state index in [1.807, 2.05) is 7.05 Å². The van der Waals surface area contributed by atoms with E-state index in [9.17, 15) is 0 Å². The van der Waals surface area contributed by atoms with Crippen LogP contribution in [0, 0.1) is 6.92 Å². The fourth-order valence-electron chi connectivity index (χ4n) is 1.67. The molecular formula is C14H18N2S. The van der Waals surface area contributed by atoms with Gasteiger partial charge in [-0.15, -0.1) is 0 Å². The molecule has 17 heavy (non-hydrogen) atoms. The molecule has 0 saturated heterocycles. The minimum Gasteiger partial charge on any atom is -0.386 e. The van der Waals surface area contributed by atoms with Crippen molar-refractivity contribution in [3.8, 4) is 0 Å². The minimum atomic E-state index is 1.09. The third kappa shape index (κ3) is 2.61. The molecule has 0 unspecified atom stereocenters. The predicted octanol–water partition coefficient (Wildman–Crippen LogP) is 3.60. The Bertz CT molecular complexity index is 503. The molecule has 90 valence electrons. The first-order valence-electron chi connectivity index (χ1n) is 5.86. The van der Waals surface area contributed by atoms with E-state index in [-0.39, 0.29) is 0 Å². The van der Waals surface area contributed by atoms with Crippen molar-refractivity contribution in [1.82, 2.24) is 9.27 Å². The van der Waals surface area contributed by atoms with Gasteiger partial charge in [-0.1, -0.05) is 42.7 Å². The quantitative estimate of drug-likeness (QED) is 0.872. The van der Waals surface area contributed by atoms with Gasteiger partial charge in [-0.05, 0) is 24.5 Å². The van der Waals surface area contributed by atoms with Crippen molar-refractivity contribution in [2.45, 2.75) is 20.3 Å². The fourth-order valence-corrected chi connectivity index (χ4v) is 2.28. The Balaban J connectivity index is 2.27. The first-order valence-corrected chi connectivity index (χ1v) is 6.70. The SMILES string of the molecule is CCc1ccc(/C(=C/n2scc2C)NC)cc1. The Morgan fingerprint density at radius 2 is 2.06 bits per heavy atom. The fraction of sp³-hybridized carbons (Fsp3) is 0.286. The molecule has 0 fully saturated rings. The molecular weight excluding hydrogens is 228 g/mol. The molecule has 1 N–H and O–H groups in total. The van der Waals surface area contributed by atoms with Crippen LogP contribution in [-0.2, 0) is 6.42 Å². The molecule has 0 aliphatic carbocycles. The van der Waals surface area contributed by atoms with E-state index >= 15 is 0 Å². The zero-order valence-electron chi connectivity index (χ0n) is 10.5. The van der Waals surface area contributed by atoms with Gasteiger partial charge in [0.25, 0.3) is 0 Å². The van der Waals surface area contributed by atoms with Crippen LogP contribution in [0.4, 0.5) is 0 Å². The number of aromatic nitrogens is 1. The van der Waals surface area contributed by atoms with Crippen molar-refractivity contribution in [2.75, 3.05) is 7.05 Å². The van der Waals surface area contributed by atoms with Crippen LogP contribution < -0.4 is 5.32 Å². The Morgan fingerprint density at radius 3 is 2.47 bits per heavy atom. The second kappa shape index (κ2) is 5.23. The highest BCUT2D eigenvalue weighted by Gasteiger charge is 2.02. The normalized spacial score (nSPS) is 11.8.